The minimum absolute atomic E-state index is 0.0851. The number of allylic oxidation sites excluding steroid dienone is 1. The largest absolute Gasteiger partial charge is 0.493 e. The van der Waals surface area contributed by atoms with Crippen molar-refractivity contribution >= 4 is 17.7 Å². The van der Waals surface area contributed by atoms with Gasteiger partial charge in [-0.15, -0.1) is 0 Å². The minimum atomic E-state index is -0.855. The molecular weight excluding hydrogens is 528 g/mol. The Bertz CT molecular complexity index is 1470. The summed E-state index contributed by atoms with van der Waals surface area (Å²) in [7, 11) is 3.03. The van der Waals surface area contributed by atoms with Crippen molar-refractivity contribution in [1.82, 2.24) is 4.98 Å². The van der Waals surface area contributed by atoms with Gasteiger partial charge in [-0.05, 0) is 67.9 Å². The van der Waals surface area contributed by atoms with Gasteiger partial charge in [-0.1, -0.05) is 24.8 Å². The lowest BCUT2D eigenvalue weighted by atomic mass is 9.83. The molecule has 2 aromatic rings. The van der Waals surface area contributed by atoms with Crippen LogP contribution < -0.4 is 15.2 Å². The first kappa shape index (κ1) is 28.8. The Balaban J connectivity index is 1.82. The number of thioether (sulfide) groups is 1. The van der Waals surface area contributed by atoms with Crippen molar-refractivity contribution in [3.63, 3.8) is 0 Å². The predicted octanol–water partition coefficient (Wildman–Crippen LogP) is 4.83. The Kier molecular flexibility index (Phi) is 9.23. The average molecular weight is 561 g/mol. The number of benzene rings is 1. The summed E-state index contributed by atoms with van der Waals surface area (Å²) in [5, 5.41) is 20.7. The zero-order valence-corrected chi connectivity index (χ0v) is 23.9. The summed E-state index contributed by atoms with van der Waals surface area (Å²) in [6.45, 7) is 3.90. The molecule has 0 amide bonds. The third kappa shape index (κ3) is 5.45. The molecule has 9 nitrogen and oxygen atoms in total. The van der Waals surface area contributed by atoms with Gasteiger partial charge in [0.05, 0.1) is 43.6 Å². The second kappa shape index (κ2) is 12.8. The predicted molar refractivity (Wildman–Crippen MR) is 150 cm³/mol. The van der Waals surface area contributed by atoms with Crippen LogP contribution >= 0.6 is 11.8 Å². The molecule has 0 spiro atoms. The highest BCUT2D eigenvalue weighted by Crippen LogP contribution is 2.43. The first-order chi connectivity index (χ1) is 19.4. The molecule has 1 atom stereocenters. The van der Waals surface area contributed by atoms with Crippen molar-refractivity contribution in [2.75, 3.05) is 26.6 Å². The maximum Gasteiger partial charge on any atom is 0.338 e. The molecule has 0 saturated heterocycles. The van der Waals surface area contributed by atoms with E-state index < -0.39 is 11.9 Å². The Morgan fingerprint density at radius 1 is 1.12 bits per heavy atom. The Hall–Kier alpha value is -4.15. The SMILES string of the molecule is CCOC(=O)C1=C(CSc2nc(CC)c3c(c2C#N)CCCC3)OC(N)=C(C#N)C1c1ccc(OC)c(OC)c1. The second-order valence-electron chi connectivity index (χ2n) is 9.25. The molecular formula is C30H32N4O5S. The summed E-state index contributed by atoms with van der Waals surface area (Å²) >= 11 is 1.31. The number of fused-ring (bicyclic) bond motifs is 1. The maximum absolute atomic E-state index is 13.4. The van der Waals surface area contributed by atoms with Crippen LogP contribution in [0.5, 0.6) is 11.5 Å². The van der Waals surface area contributed by atoms with Crippen molar-refractivity contribution in [2.24, 2.45) is 5.73 Å². The number of rotatable bonds is 9. The van der Waals surface area contributed by atoms with Gasteiger partial charge in [-0.25, -0.2) is 9.78 Å². The van der Waals surface area contributed by atoms with Crippen molar-refractivity contribution in [3.05, 3.63) is 68.9 Å². The Morgan fingerprint density at radius 2 is 1.85 bits per heavy atom. The van der Waals surface area contributed by atoms with Crippen LogP contribution in [0.4, 0.5) is 0 Å². The van der Waals surface area contributed by atoms with Crippen LogP contribution in [0, 0.1) is 22.7 Å². The summed E-state index contributed by atoms with van der Waals surface area (Å²) in [5.41, 5.74) is 10.9. The summed E-state index contributed by atoms with van der Waals surface area (Å²) in [4.78, 5) is 18.3. The van der Waals surface area contributed by atoms with Crippen molar-refractivity contribution in [2.45, 2.75) is 56.9 Å². The molecule has 2 aliphatic rings. The number of nitrogens with zero attached hydrogens (tertiary/aromatic N) is 3. The van der Waals surface area contributed by atoms with E-state index in [1.807, 2.05) is 0 Å². The van der Waals surface area contributed by atoms with Gasteiger partial charge < -0.3 is 24.7 Å². The molecule has 1 aliphatic heterocycles. The van der Waals surface area contributed by atoms with E-state index in [1.54, 1.807) is 25.1 Å². The van der Waals surface area contributed by atoms with Gasteiger partial charge in [0.2, 0.25) is 5.88 Å². The van der Waals surface area contributed by atoms with E-state index in [-0.39, 0.29) is 35.1 Å². The average Bonchev–Trinajstić information content (AvgIpc) is 2.98. The first-order valence-corrected chi connectivity index (χ1v) is 14.2. The van der Waals surface area contributed by atoms with E-state index in [1.165, 1.54) is 31.5 Å². The van der Waals surface area contributed by atoms with E-state index in [0.29, 0.717) is 27.7 Å². The quantitative estimate of drug-likeness (QED) is 0.335. The standard InChI is InChI=1S/C30H32N4O5S/c1-5-22-19-10-8-7-9-18(19)20(14-31)29(34-22)40-16-25-27(30(35)38-6-2)26(21(15-32)28(33)39-25)17-11-12-23(36-3)24(13-17)37-4/h11-13,26H,5-10,16,33H2,1-4H3. The molecule has 0 bridgehead atoms. The van der Waals surface area contributed by atoms with Gasteiger partial charge in [0.15, 0.2) is 11.5 Å². The summed E-state index contributed by atoms with van der Waals surface area (Å²) in [6, 6.07) is 9.63. The number of esters is 1. The fraction of sp³-hybridized carbons (Fsp3) is 0.400. The molecule has 2 heterocycles. The van der Waals surface area contributed by atoms with E-state index >= 15 is 0 Å². The zero-order chi connectivity index (χ0) is 28.8. The van der Waals surface area contributed by atoms with Gasteiger partial charge in [0, 0.05) is 5.69 Å². The third-order valence-electron chi connectivity index (χ3n) is 7.09. The molecule has 1 aromatic carbocycles. The number of aromatic nitrogens is 1. The number of hydrogen-bond donors (Lipinski definition) is 1. The number of nitrogens with two attached hydrogens (primary N) is 1. The zero-order valence-electron chi connectivity index (χ0n) is 23.1. The van der Waals surface area contributed by atoms with Gasteiger partial charge in [0.25, 0.3) is 0 Å². The van der Waals surface area contributed by atoms with Crippen molar-refractivity contribution in [1.29, 1.82) is 10.5 Å². The molecule has 1 aromatic heterocycles. The van der Waals surface area contributed by atoms with E-state index in [0.717, 1.165) is 43.4 Å². The van der Waals surface area contributed by atoms with Gasteiger partial charge in [-0.2, -0.15) is 10.5 Å². The van der Waals surface area contributed by atoms with Crippen LogP contribution in [0.2, 0.25) is 0 Å². The first-order valence-electron chi connectivity index (χ1n) is 13.2. The monoisotopic (exact) mass is 560 g/mol. The molecule has 1 unspecified atom stereocenters. The normalized spacial score (nSPS) is 16.4. The van der Waals surface area contributed by atoms with Crippen LogP contribution in [-0.2, 0) is 33.5 Å². The molecule has 0 fully saturated rings. The molecule has 10 heteroatoms. The van der Waals surface area contributed by atoms with E-state index in [2.05, 4.69) is 19.1 Å². The highest BCUT2D eigenvalue weighted by atomic mass is 32.2. The molecule has 40 heavy (non-hydrogen) atoms. The highest BCUT2D eigenvalue weighted by Gasteiger charge is 2.38. The number of ether oxygens (including phenoxy) is 4. The molecule has 2 N–H and O–H groups in total. The second-order valence-corrected chi connectivity index (χ2v) is 10.2. The number of hydrogen-bond acceptors (Lipinski definition) is 10. The topological polar surface area (TPSA) is 140 Å². The van der Waals surface area contributed by atoms with Gasteiger partial charge >= 0.3 is 5.97 Å². The highest BCUT2D eigenvalue weighted by molar-refractivity contribution is 7.99. The Labute approximate surface area is 238 Å². The number of methoxy groups -OCH3 is 2. The van der Waals surface area contributed by atoms with Crippen molar-refractivity contribution < 1.29 is 23.7 Å². The van der Waals surface area contributed by atoms with E-state index in [9.17, 15) is 15.3 Å². The number of pyridine rings is 1. The van der Waals surface area contributed by atoms with Crippen LogP contribution in [0.3, 0.4) is 0 Å². The summed E-state index contributed by atoms with van der Waals surface area (Å²) in [5.74, 6) is -0.232. The number of carbonyl (C=O) groups excluding carboxylic acids is 1. The summed E-state index contributed by atoms with van der Waals surface area (Å²) < 4.78 is 22.2. The van der Waals surface area contributed by atoms with E-state index in [4.69, 9.17) is 29.7 Å². The number of carbonyl (C=O) groups is 1. The molecule has 0 saturated carbocycles. The number of aryl methyl sites for hydroxylation is 1. The van der Waals surface area contributed by atoms with Gasteiger partial charge in [-0.3, -0.25) is 0 Å². The van der Waals surface area contributed by atoms with Crippen LogP contribution in [-0.4, -0.2) is 37.5 Å². The molecule has 208 valence electrons. The van der Waals surface area contributed by atoms with Crippen LogP contribution in [0.1, 0.15) is 60.6 Å². The van der Waals surface area contributed by atoms with Crippen molar-refractivity contribution in [3.8, 4) is 23.6 Å². The van der Waals surface area contributed by atoms with Gasteiger partial charge in [0.1, 0.15) is 28.5 Å². The Morgan fingerprint density at radius 3 is 2.48 bits per heavy atom. The third-order valence-corrected chi connectivity index (χ3v) is 8.06. The lowest BCUT2D eigenvalue weighted by Crippen LogP contribution is -2.27. The molecule has 4 rings (SSSR count). The lowest BCUT2D eigenvalue weighted by molar-refractivity contribution is -0.139. The van der Waals surface area contributed by atoms with Crippen LogP contribution in [0.25, 0.3) is 0 Å². The van der Waals surface area contributed by atoms with Crippen LogP contribution in [0.15, 0.2) is 46.0 Å². The fourth-order valence-electron chi connectivity index (χ4n) is 5.24. The number of nitriles is 2. The maximum atomic E-state index is 13.4. The fourth-order valence-corrected chi connectivity index (χ4v) is 6.21. The molecule has 0 radical (unpaired) electrons. The summed E-state index contributed by atoms with van der Waals surface area (Å²) in [6.07, 6.45) is 4.66. The smallest absolute Gasteiger partial charge is 0.338 e. The minimum Gasteiger partial charge on any atom is -0.493 e. The molecule has 1 aliphatic carbocycles. The lowest BCUT2D eigenvalue weighted by Gasteiger charge is -2.28.